The van der Waals surface area contributed by atoms with Crippen LogP contribution in [-0.4, -0.2) is 31.7 Å². The molecule has 2 aromatic heterocycles. The number of ketones is 2. The summed E-state index contributed by atoms with van der Waals surface area (Å²) in [6.07, 6.45) is 5.96. The van der Waals surface area contributed by atoms with Crippen molar-refractivity contribution in [2.45, 2.75) is 41.5 Å². The number of benzene rings is 4. The minimum atomic E-state index is -0.125. The quantitative estimate of drug-likeness (QED) is 0.104. The van der Waals surface area contributed by atoms with Gasteiger partial charge in [0, 0.05) is 76.1 Å². The van der Waals surface area contributed by atoms with Gasteiger partial charge in [-0.1, -0.05) is 96.4 Å². The average Bonchev–Trinajstić information content (AvgIpc) is 3.05. The number of allylic oxidation sites excluding steroid dienone is 4. The standard InChI is InChI=1S/2C16H12N.2C5H8O2.2Ir/c1-12-10-14(16-8-4-5-9-17-16)11-13-6-2-3-7-15(12)13;1-12-10-13-6-2-3-7-14(13)11-15(12)16-8-4-5-9-17-16;2*1-4(6)3-5(2)7;;/h2*2-10H,1H3;2*3,6H,1-2H3;;/q2*-1;;;;. The number of pyridine rings is 2. The molecule has 0 unspecified atom stereocenters. The van der Waals surface area contributed by atoms with Gasteiger partial charge in [0.1, 0.15) is 0 Å². The number of hydrogen-bond acceptors (Lipinski definition) is 6. The van der Waals surface area contributed by atoms with E-state index in [9.17, 15) is 9.59 Å². The second kappa shape index (κ2) is 22.2. The van der Waals surface area contributed by atoms with E-state index in [4.69, 9.17) is 10.2 Å². The van der Waals surface area contributed by atoms with Crippen molar-refractivity contribution >= 4 is 33.1 Å². The Hall–Kier alpha value is -4.58. The largest absolute Gasteiger partial charge is 0.512 e. The van der Waals surface area contributed by atoms with Gasteiger partial charge in [0.05, 0.1) is 11.5 Å². The molecule has 6 nitrogen and oxygen atoms in total. The number of aliphatic hydroxyl groups excluding tert-OH is 2. The number of aryl methyl sites for hydroxylation is 2. The van der Waals surface area contributed by atoms with Gasteiger partial charge in [0.2, 0.25) is 0 Å². The van der Waals surface area contributed by atoms with E-state index in [0.29, 0.717) is 0 Å². The molecule has 0 spiro atoms. The van der Waals surface area contributed by atoms with Crippen LogP contribution in [0, 0.1) is 26.0 Å². The third-order valence-corrected chi connectivity index (χ3v) is 6.66. The van der Waals surface area contributed by atoms with Crippen LogP contribution in [0.25, 0.3) is 44.1 Å². The summed E-state index contributed by atoms with van der Waals surface area (Å²) in [5, 5.41) is 21.5. The topological polar surface area (TPSA) is 100 Å². The second-order valence-corrected chi connectivity index (χ2v) is 11.0. The van der Waals surface area contributed by atoms with Crippen LogP contribution in [0.3, 0.4) is 0 Å². The molecule has 6 rings (SSSR count). The van der Waals surface area contributed by atoms with Crippen molar-refractivity contribution in [2.24, 2.45) is 0 Å². The van der Waals surface area contributed by atoms with Gasteiger partial charge in [-0.05, 0) is 39.8 Å². The molecule has 2 heterocycles. The van der Waals surface area contributed by atoms with E-state index in [1.54, 1.807) is 0 Å². The second-order valence-electron chi connectivity index (χ2n) is 11.0. The van der Waals surface area contributed by atoms with Crippen molar-refractivity contribution in [3.8, 4) is 22.5 Å². The fourth-order valence-electron chi connectivity index (χ4n) is 4.71. The Kier molecular flexibility index (Phi) is 19.3. The van der Waals surface area contributed by atoms with Crippen molar-refractivity contribution < 1.29 is 60.0 Å². The first-order chi connectivity index (χ1) is 22.9. The van der Waals surface area contributed by atoms with E-state index in [-0.39, 0.29) is 63.3 Å². The van der Waals surface area contributed by atoms with Crippen LogP contribution >= 0.6 is 0 Å². The molecule has 2 radical (unpaired) electrons. The van der Waals surface area contributed by atoms with Gasteiger partial charge in [-0.3, -0.25) is 19.6 Å². The average molecular weight is 1020 g/mol. The first-order valence-corrected chi connectivity index (χ1v) is 15.4. The SMILES string of the molecule is CC(=O)C=C(C)O.CC(=O)C=C(C)O.Cc1cc(-c2ccccn2)[c-]c2ccccc12.Cc1cc2ccccc2[c-]c1-c1ccccn1.[Ir].[Ir]. The summed E-state index contributed by atoms with van der Waals surface area (Å²) in [6, 6.07) is 39.7. The van der Waals surface area contributed by atoms with Crippen LogP contribution in [-0.2, 0) is 49.8 Å². The summed E-state index contributed by atoms with van der Waals surface area (Å²) in [5.74, 6) is -0.125. The summed E-state index contributed by atoms with van der Waals surface area (Å²) in [7, 11) is 0. The van der Waals surface area contributed by atoms with Gasteiger partial charge in [0.25, 0.3) is 0 Å². The Morgan fingerprint density at radius 3 is 1.60 bits per heavy atom. The summed E-state index contributed by atoms with van der Waals surface area (Å²) in [6.45, 7) is 9.93. The zero-order valence-corrected chi connectivity index (χ0v) is 33.6. The summed E-state index contributed by atoms with van der Waals surface area (Å²) < 4.78 is 0. The van der Waals surface area contributed by atoms with E-state index in [1.807, 2.05) is 60.9 Å². The summed E-state index contributed by atoms with van der Waals surface area (Å²) >= 11 is 0. The zero-order chi connectivity index (χ0) is 35.1. The normalized spacial score (nSPS) is 10.4. The Morgan fingerprint density at radius 1 is 0.600 bits per heavy atom. The molecule has 0 bridgehead atoms. The molecule has 0 aliphatic rings. The predicted molar refractivity (Wildman–Crippen MR) is 196 cm³/mol. The van der Waals surface area contributed by atoms with Crippen LogP contribution in [0.15, 0.2) is 133 Å². The zero-order valence-electron chi connectivity index (χ0n) is 28.8. The van der Waals surface area contributed by atoms with Crippen molar-refractivity contribution in [3.63, 3.8) is 0 Å². The van der Waals surface area contributed by atoms with Crippen molar-refractivity contribution in [3.05, 3.63) is 156 Å². The maximum absolute atomic E-state index is 10.0. The number of hydrogen-bond donors (Lipinski definition) is 2. The molecule has 8 heteroatoms. The molecular weight excluding hydrogens is 981 g/mol. The number of carbonyl (C=O) groups excluding carboxylic acids is 2. The molecule has 0 saturated heterocycles. The molecule has 0 aliphatic heterocycles. The molecule has 50 heavy (non-hydrogen) atoms. The molecule has 0 atom stereocenters. The maximum atomic E-state index is 10.0. The van der Waals surface area contributed by atoms with Crippen molar-refractivity contribution in [2.75, 3.05) is 0 Å². The van der Waals surface area contributed by atoms with E-state index >= 15 is 0 Å². The number of aliphatic hydroxyl groups is 2. The number of carbonyl (C=O) groups is 2. The Morgan fingerprint density at radius 2 is 1.10 bits per heavy atom. The minimum absolute atomic E-state index is 0. The van der Waals surface area contributed by atoms with Gasteiger partial charge in [-0.25, -0.2) is 0 Å². The number of fused-ring (bicyclic) bond motifs is 2. The fraction of sp³-hybridized carbons (Fsp3) is 0.143. The summed E-state index contributed by atoms with van der Waals surface area (Å²) in [4.78, 5) is 28.8. The third-order valence-electron chi connectivity index (χ3n) is 6.66. The van der Waals surface area contributed by atoms with E-state index in [0.717, 1.165) is 33.3 Å². The molecule has 2 N–H and O–H groups in total. The number of nitrogens with zero attached hydrogens (tertiary/aromatic N) is 2. The van der Waals surface area contributed by atoms with E-state index < -0.39 is 0 Å². The van der Waals surface area contributed by atoms with Gasteiger partial charge >= 0.3 is 0 Å². The first kappa shape index (κ1) is 43.4. The van der Waals surface area contributed by atoms with Crippen molar-refractivity contribution in [1.82, 2.24) is 9.97 Å². The van der Waals surface area contributed by atoms with Crippen LogP contribution in [0.5, 0.6) is 0 Å². The van der Waals surface area contributed by atoms with Crippen LogP contribution < -0.4 is 0 Å². The molecule has 6 aromatic rings. The summed E-state index contributed by atoms with van der Waals surface area (Å²) in [5.41, 5.74) is 6.57. The first-order valence-electron chi connectivity index (χ1n) is 15.4. The predicted octanol–water partition coefficient (Wildman–Crippen LogP) is 10.1. The van der Waals surface area contributed by atoms with Gasteiger partial charge in [-0.2, -0.15) is 0 Å². The molecule has 0 saturated carbocycles. The van der Waals surface area contributed by atoms with Crippen LogP contribution in [0.1, 0.15) is 38.8 Å². The molecule has 0 amide bonds. The van der Waals surface area contributed by atoms with Crippen LogP contribution in [0.4, 0.5) is 0 Å². The molecule has 0 aliphatic carbocycles. The Balaban J connectivity index is 0.000000358. The molecule has 0 fully saturated rings. The Bertz CT molecular complexity index is 2010. The smallest absolute Gasteiger partial charge is 0.155 e. The minimum Gasteiger partial charge on any atom is -0.512 e. The molecule has 4 aromatic carbocycles. The Labute approximate surface area is 321 Å². The van der Waals surface area contributed by atoms with E-state index in [1.165, 1.54) is 61.7 Å². The van der Waals surface area contributed by atoms with E-state index in [2.05, 4.69) is 84.5 Å². The van der Waals surface area contributed by atoms with Crippen molar-refractivity contribution in [1.29, 1.82) is 0 Å². The number of rotatable bonds is 4. The maximum Gasteiger partial charge on any atom is 0.155 e. The van der Waals surface area contributed by atoms with Gasteiger partial charge in [0.15, 0.2) is 11.6 Å². The molecular formula is C42H40Ir2N2O4-2. The monoisotopic (exact) mass is 1020 g/mol. The third kappa shape index (κ3) is 14.5. The van der Waals surface area contributed by atoms with Gasteiger partial charge in [-0.15, -0.1) is 58.3 Å². The van der Waals surface area contributed by atoms with Gasteiger partial charge < -0.3 is 10.2 Å². The van der Waals surface area contributed by atoms with Crippen LogP contribution in [0.2, 0.25) is 0 Å². The molecule has 262 valence electrons. The fourth-order valence-corrected chi connectivity index (χ4v) is 4.71. The number of aromatic nitrogens is 2.